The summed E-state index contributed by atoms with van der Waals surface area (Å²) in [5.41, 5.74) is 7.79. The van der Waals surface area contributed by atoms with Gasteiger partial charge in [0.2, 0.25) is 0 Å². The van der Waals surface area contributed by atoms with Crippen molar-refractivity contribution in [3.05, 3.63) is 35.1 Å². The monoisotopic (exact) mass is 250 g/mol. The second-order valence-corrected chi connectivity index (χ2v) is 6.07. The van der Waals surface area contributed by atoms with Gasteiger partial charge in [-0.05, 0) is 43.0 Å². The van der Waals surface area contributed by atoms with Crippen molar-refractivity contribution < 1.29 is 4.39 Å². The van der Waals surface area contributed by atoms with Gasteiger partial charge in [-0.25, -0.2) is 4.39 Å². The summed E-state index contributed by atoms with van der Waals surface area (Å²) in [6, 6.07) is 5.30. The number of hydrogen-bond donors (Lipinski definition) is 1. The summed E-state index contributed by atoms with van der Waals surface area (Å²) >= 11 is 0. The first-order valence-corrected chi connectivity index (χ1v) is 6.70. The van der Waals surface area contributed by atoms with E-state index in [1.807, 2.05) is 12.1 Å². The quantitative estimate of drug-likeness (QED) is 0.893. The van der Waals surface area contributed by atoms with Crippen LogP contribution in [0.15, 0.2) is 18.2 Å². The van der Waals surface area contributed by atoms with Crippen molar-refractivity contribution in [2.45, 2.75) is 39.8 Å². The zero-order valence-corrected chi connectivity index (χ0v) is 11.4. The summed E-state index contributed by atoms with van der Waals surface area (Å²) in [5, 5.41) is 0. The number of nitrogens with two attached hydrogens (primary N) is 1. The average Bonchev–Trinajstić information content (AvgIpc) is 2.34. The topological polar surface area (TPSA) is 29.3 Å². The zero-order chi connectivity index (χ0) is 13.2. The van der Waals surface area contributed by atoms with Gasteiger partial charge in [0, 0.05) is 18.7 Å². The number of halogens is 1. The zero-order valence-electron chi connectivity index (χ0n) is 11.4. The average molecular weight is 250 g/mol. The first-order chi connectivity index (χ1) is 8.50. The number of likely N-dealkylation sites (tertiary alicyclic amines) is 1. The van der Waals surface area contributed by atoms with Crippen molar-refractivity contribution in [3.8, 4) is 0 Å². The molecule has 2 nitrogen and oxygen atoms in total. The van der Waals surface area contributed by atoms with E-state index in [-0.39, 0.29) is 12.4 Å². The minimum atomic E-state index is -0.193. The molecule has 1 aromatic carbocycles. The molecule has 0 saturated carbocycles. The molecule has 1 fully saturated rings. The standard InChI is InChI=1S/C15H23FN2/c1-15(2)5-7-18(8-6-15)11-12-3-4-14(16)13(9-12)10-17/h3-4,9H,5-8,10-11,17H2,1-2H3. The summed E-state index contributed by atoms with van der Waals surface area (Å²) in [6.07, 6.45) is 2.47. The summed E-state index contributed by atoms with van der Waals surface area (Å²) < 4.78 is 13.4. The van der Waals surface area contributed by atoms with Gasteiger partial charge in [0.15, 0.2) is 0 Å². The van der Waals surface area contributed by atoms with E-state index < -0.39 is 0 Å². The molecular formula is C15H23FN2. The molecule has 18 heavy (non-hydrogen) atoms. The van der Waals surface area contributed by atoms with Crippen LogP contribution >= 0.6 is 0 Å². The van der Waals surface area contributed by atoms with Crippen molar-refractivity contribution in [1.82, 2.24) is 4.90 Å². The number of rotatable bonds is 3. The Kier molecular flexibility index (Phi) is 4.03. The Morgan fingerprint density at radius 3 is 2.56 bits per heavy atom. The predicted octanol–water partition coefficient (Wildman–Crippen LogP) is 2.91. The van der Waals surface area contributed by atoms with Crippen LogP contribution in [0.5, 0.6) is 0 Å². The van der Waals surface area contributed by atoms with Gasteiger partial charge < -0.3 is 5.73 Å². The second-order valence-electron chi connectivity index (χ2n) is 6.07. The van der Waals surface area contributed by atoms with E-state index in [4.69, 9.17) is 5.73 Å². The summed E-state index contributed by atoms with van der Waals surface area (Å²) in [6.45, 7) is 8.09. The first-order valence-electron chi connectivity index (χ1n) is 6.70. The molecule has 2 N–H and O–H groups in total. The van der Waals surface area contributed by atoms with Gasteiger partial charge in [0.1, 0.15) is 5.82 Å². The van der Waals surface area contributed by atoms with E-state index in [1.54, 1.807) is 0 Å². The van der Waals surface area contributed by atoms with Crippen LogP contribution in [0.2, 0.25) is 0 Å². The molecule has 0 atom stereocenters. The number of hydrogen-bond acceptors (Lipinski definition) is 2. The maximum Gasteiger partial charge on any atom is 0.127 e. The maximum atomic E-state index is 13.4. The number of piperidine rings is 1. The Hall–Kier alpha value is -0.930. The number of benzene rings is 1. The molecule has 0 amide bonds. The second kappa shape index (κ2) is 5.37. The lowest BCUT2D eigenvalue weighted by atomic mass is 9.82. The van der Waals surface area contributed by atoms with Crippen molar-refractivity contribution in [1.29, 1.82) is 0 Å². The van der Waals surface area contributed by atoms with Crippen LogP contribution in [0.25, 0.3) is 0 Å². The summed E-state index contributed by atoms with van der Waals surface area (Å²) in [5.74, 6) is -0.193. The minimum absolute atomic E-state index is 0.193. The van der Waals surface area contributed by atoms with Crippen LogP contribution in [0.3, 0.4) is 0 Å². The largest absolute Gasteiger partial charge is 0.326 e. The van der Waals surface area contributed by atoms with Crippen LogP contribution < -0.4 is 5.73 Å². The van der Waals surface area contributed by atoms with Crippen LogP contribution in [0, 0.1) is 11.2 Å². The van der Waals surface area contributed by atoms with Crippen LogP contribution in [0.4, 0.5) is 4.39 Å². The van der Waals surface area contributed by atoms with Gasteiger partial charge in [-0.15, -0.1) is 0 Å². The van der Waals surface area contributed by atoms with E-state index in [0.29, 0.717) is 11.0 Å². The molecular weight excluding hydrogens is 227 g/mol. The van der Waals surface area contributed by atoms with Gasteiger partial charge in [-0.1, -0.05) is 26.0 Å². The van der Waals surface area contributed by atoms with Crippen molar-refractivity contribution in [3.63, 3.8) is 0 Å². The van der Waals surface area contributed by atoms with Crippen molar-refractivity contribution in [2.24, 2.45) is 11.1 Å². The van der Waals surface area contributed by atoms with Gasteiger partial charge >= 0.3 is 0 Å². The van der Waals surface area contributed by atoms with Crippen molar-refractivity contribution in [2.75, 3.05) is 13.1 Å². The third-order valence-electron chi connectivity index (χ3n) is 3.95. The van der Waals surface area contributed by atoms with Gasteiger partial charge in [-0.3, -0.25) is 4.90 Å². The molecule has 1 aromatic rings. The SMILES string of the molecule is CC1(C)CCN(Cc2ccc(F)c(CN)c2)CC1. The van der Waals surface area contributed by atoms with E-state index in [1.165, 1.54) is 18.9 Å². The molecule has 3 heteroatoms. The lowest BCUT2D eigenvalue weighted by molar-refractivity contribution is 0.127. The normalized spacial score (nSPS) is 20.0. The highest BCUT2D eigenvalue weighted by Gasteiger charge is 2.25. The Morgan fingerprint density at radius 1 is 1.28 bits per heavy atom. The molecule has 0 unspecified atom stereocenters. The van der Waals surface area contributed by atoms with E-state index >= 15 is 0 Å². The van der Waals surface area contributed by atoms with Crippen molar-refractivity contribution >= 4 is 0 Å². The summed E-state index contributed by atoms with van der Waals surface area (Å²) in [4.78, 5) is 2.44. The molecule has 0 spiro atoms. The lowest BCUT2D eigenvalue weighted by Crippen LogP contribution is -2.36. The highest BCUT2D eigenvalue weighted by atomic mass is 19.1. The number of nitrogens with zero attached hydrogens (tertiary/aromatic N) is 1. The fourth-order valence-electron chi connectivity index (χ4n) is 2.46. The molecule has 0 bridgehead atoms. The molecule has 1 aliphatic rings. The van der Waals surface area contributed by atoms with Gasteiger partial charge in [0.25, 0.3) is 0 Å². The fraction of sp³-hybridized carbons (Fsp3) is 0.600. The molecule has 0 radical (unpaired) electrons. The van der Waals surface area contributed by atoms with Crippen LogP contribution in [0.1, 0.15) is 37.8 Å². The Morgan fingerprint density at radius 2 is 1.94 bits per heavy atom. The fourth-order valence-corrected chi connectivity index (χ4v) is 2.46. The first kappa shape index (κ1) is 13.5. The third kappa shape index (κ3) is 3.30. The maximum absolute atomic E-state index is 13.4. The highest BCUT2D eigenvalue weighted by Crippen LogP contribution is 2.30. The van der Waals surface area contributed by atoms with E-state index in [0.717, 1.165) is 25.2 Å². The van der Waals surface area contributed by atoms with E-state index in [2.05, 4.69) is 18.7 Å². The molecule has 2 rings (SSSR count). The smallest absolute Gasteiger partial charge is 0.127 e. The Labute approximate surface area is 109 Å². The van der Waals surface area contributed by atoms with Gasteiger partial charge in [-0.2, -0.15) is 0 Å². The van der Waals surface area contributed by atoms with E-state index in [9.17, 15) is 4.39 Å². The molecule has 0 aromatic heterocycles. The Balaban J connectivity index is 1.98. The van der Waals surface area contributed by atoms with Gasteiger partial charge in [0.05, 0.1) is 0 Å². The predicted molar refractivity (Wildman–Crippen MR) is 72.6 cm³/mol. The molecule has 100 valence electrons. The molecule has 0 aliphatic carbocycles. The Bertz CT molecular complexity index is 405. The summed E-state index contributed by atoms with van der Waals surface area (Å²) in [7, 11) is 0. The lowest BCUT2D eigenvalue weighted by Gasteiger charge is -2.37. The highest BCUT2D eigenvalue weighted by molar-refractivity contribution is 5.25. The van der Waals surface area contributed by atoms with Crippen LogP contribution in [-0.4, -0.2) is 18.0 Å². The molecule has 1 aliphatic heterocycles. The third-order valence-corrected chi connectivity index (χ3v) is 3.95. The molecule has 1 heterocycles. The minimum Gasteiger partial charge on any atom is -0.326 e. The van der Waals surface area contributed by atoms with Crippen LogP contribution in [-0.2, 0) is 13.1 Å². The molecule has 1 saturated heterocycles.